The summed E-state index contributed by atoms with van der Waals surface area (Å²) >= 11 is 0.694. The number of ether oxygens (including phenoxy) is 3. The lowest BCUT2D eigenvalue weighted by Crippen LogP contribution is -2.29. The summed E-state index contributed by atoms with van der Waals surface area (Å²) in [6.45, 7) is 6.45. The van der Waals surface area contributed by atoms with Gasteiger partial charge in [0, 0.05) is 16.5 Å². The molecule has 0 amide bonds. The topological polar surface area (TPSA) is 53.7 Å². The average Bonchev–Trinajstić information content (AvgIpc) is 3.38. The smallest absolute Gasteiger partial charge is 0.425 e. The van der Waals surface area contributed by atoms with Crippen LogP contribution in [0.4, 0.5) is 13.2 Å². The van der Waals surface area contributed by atoms with Crippen LogP contribution in [0, 0.1) is 20.8 Å². The highest BCUT2D eigenvalue weighted by Crippen LogP contribution is 2.39. The number of thiophene rings is 1. The molecule has 2 atom stereocenters. The van der Waals surface area contributed by atoms with Crippen LogP contribution in [0.5, 0.6) is 5.75 Å². The molecule has 1 aliphatic rings. The van der Waals surface area contributed by atoms with Crippen molar-refractivity contribution in [2.24, 2.45) is 0 Å². The number of oxazole rings is 1. The highest BCUT2D eigenvalue weighted by atomic mass is 32.1. The van der Waals surface area contributed by atoms with Crippen LogP contribution >= 0.6 is 11.3 Å². The summed E-state index contributed by atoms with van der Waals surface area (Å²) in [5, 5.41) is 0. The zero-order chi connectivity index (χ0) is 25.0. The molecule has 0 N–H and O–H groups in total. The molecule has 2 heterocycles. The van der Waals surface area contributed by atoms with Gasteiger partial charge in [-0.05, 0) is 58.6 Å². The van der Waals surface area contributed by atoms with Crippen molar-refractivity contribution < 1.29 is 31.8 Å². The Labute approximate surface area is 207 Å². The van der Waals surface area contributed by atoms with Gasteiger partial charge in [-0.15, -0.1) is 11.3 Å². The van der Waals surface area contributed by atoms with Gasteiger partial charge in [-0.3, -0.25) is 0 Å². The maximum Gasteiger partial charge on any atom is 0.425 e. The SMILES string of the molecule is Cc1cccc(-c2nc(CO[C@H]3CCC[C@@H](OCCOc4cc(C(F)(F)F)sc4C)C3)c(C)o2)c1. The molecule has 3 aromatic rings. The number of benzene rings is 1. The Kier molecular flexibility index (Phi) is 8.19. The minimum Gasteiger partial charge on any atom is -0.490 e. The van der Waals surface area contributed by atoms with E-state index >= 15 is 0 Å². The molecule has 4 rings (SSSR count). The van der Waals surface area contributed by atoms with Gasteiger partial charge in [0.2, 0.25) is 5.89 Å². The van der Waals surface area contributed by atoms with E-state index in [1.165, 1.54) is 0 Å². The summed E-state index contributed by atoms with van der Waals surface area (Å²) < 4.78 is 62.0. The van der Waals surface area contributed by atoms with E-state index in [4.69, 9.17) is 18.6 Å². The van der Waals surface area contributed by atoms with Crippen molar-refractivity contribution in [3.8, 4) is 17.2 Å². The lowest BCUT2D eigenvalue weighted by atomic mass is 9.95. The normalized spacial score (nSPS) is 18.7. The fraction of sp³-hybridized carbons (Fsp3) is 0.500. The third kappa shape index (κ3) is 6.86. The predicted molar refractivity (Wildman–Crippen MR) is 128 cm³/mol. The molecule has 1 aromatic carbocycles. The summed E-state index contributed by atoms with van der Waals surface area (Å²) in [4.78, 5) is 4.49. The Morgan fingerprint density at radius 3 is 2.54 bits per heavy atom. The van der Waals surface area contributed by atoms with Gasteiger partial charge in [0.15, 0.2) is 0 Å². The van der Waals surface area contributed by atoms with Crippen LogP contribution in [0.3, 0.4) is 0 Å². The maximum absolute atomic E-state index is 12.8. The molecule has 0 radical (unpaired) electrons. The molecule has 1 saturated carbocycles. The van der Waals surface area contributed by atoms with Gasteiger partial charge in [0.05, 0.1) is 25.4 Å². The van der Waals surface area contributed by atoms with Gasteiger partial charge in [0.1, 0.15) is 28.7 Å². The van der Waals surface area contributed by atoms with Crippen LogP contribution in [0.25, 0.3) is 11.5 Å². The third-order valence-electron chi connectivity index (χ3n) is 6.04. The Bertz CT molecular complexity index is 1120. The first kappa shape index (κ1) is 25.7. The summed E-state index contributed by atoms with van der Waals surface area (Å²) in [5.41, 5.74) is 2.88. The summed E-state index contributed by atoms with van der Waals surface area (Å²) in [6, 6.07) is 9.09. The molecule has 1 fully saturated rings. The van der Waals surface area contributed by atoms with Crippen molar-refractivity contribution in [1.82, 2.24) is 4.98 Å². The third-order valence-corrected chi connectivity index (χ3v) is 7.11. The van der Waals surface area contributed by atoms with Crippen LogP contribution in [-0.2, 0) is 22.3 Å². The second kappa shape index (κ2) is 11.1. The van der Waals surface area contributed by atoms with E-state index in [-0.39, 0.29) is 24.6 Å². The van der Waals surface area contributed by atoms with E-state index in [2.05, 4.69) is 4.98 Å². The molecule has 0 spiro atoms. The fourth-order valence-corrected chi connectivity index (χ4v) is 5.01. The van der Waals surface area contributed by atoms with E-state index in [0.29, 0.717) is 35.3 Å². The van der Waals surface area contributed by atoms with Gasteiger partial charge in [-0.2, -0.15) is 13.2 Å². The number of hydrogen-bond donors (Lipinski definition) is 0. The van der Waals surface area contributed by atoms with E-state index in [1.807, 2.05) is 38.1 Å². The molecule has 0 bridgehead atoms. The average molecular weight is 510 g/mol. The summed E-state index contributed by atoms with van der Waals surface area (Å²) in [6.07, 6.45) is -0.632. The monoisotopic (exact) mass is 509 g/mol. The number of aromatic nitrogens is 1. The van der Waals surface area contributed by atoms with Crippen molar-refractivity contribution >= 4 is 11.3 Å². The minimum atomic E-state index is -4.35. The van der Waals surface area contributed by atoms with Crippen molar-refractivity contribution in [1.29, 1.82) is 0 Å². The highest BCUT2D eigenvalue weighted by Gasteiger charge is 2.33. The summed E-state index contributed by atoms with van der Waals surface area (Å²) in [5.74, 6) is 1.61. The van der Waals surface area contributed by atoms with Crippen LogP contribution in [0.2, 0.25) is 0 Å². The zero-order valence-corrected chi connectivity index (χ0v) is 20.9. The van der Waals surface area contributed by atoms with Gasteiger partial charge in [-0.25, -0.2) is 4.98 Å². The van der Waals surface area contributed by atoms with Crippen molar-refractivity contribution in [2.75, 3.05) is 13.2 Å². The van der Waals surface area contributed by atoms with Crippen LogP contribution in [0.15, 0.2) is 34.7 Å². The largest absolute Gasteiger partial charge is 0.490 e. The van der Waals surface area contributed by atoms with Gasteiger partial charge in [0.25, 0.3) is 0 Å². The van der Waals surface area contributed by atoms with Crippen LogP contribution in [-0.4, -0.2) is 30.4 Å². The number of halogens is 3. The lowest BCUT2D eigenvalue weighted by molar-refractivity contribution is -0.134. The molecular formula is C26H30F3NO4S. The first-order valence-corrected chi connectivity index (χ1v) is 12.6. The van der Waals surface area contributed by atoms with Crippen molar-refractivity contribution in [3.63, 3.8) is 0 Å². The van der Waals surface area contributed by atoms with E-state index in [9.17, 15) is 13.2 Å². The molecular weight excluding hydrogens is 479 g/mol. The van der Waals surface area contributed by atoms with Gasteiger partial charge >= 0.3 is 6.18 Å². The maximum atomic E-state index is 12.8. The molecule has 9 heteroatoms. The van der Waals surface area contributed by atoms with Gasteiger partial charge in [-0.1, -0.05) is 17.7 Å². The number of alkyl halides is 3. The van der Waals surface area contributed by atoms with E-state index in [1.54, 1.807) is 6.92 Å². The Morgan fingerprint density at radius 1 is 1.06 bits per heavy atom. The van der Waals surface area contributed by atoms with Crippen molar-refractivity contribution in [2.45, 2.75) is 71.4 Å². The Balaban J connectivity index is 1.22. The van der Waals surface area contributed by atoms with Crippen molar-refractivity contribution in [3.05, 3.63) is 57.1 Å². The van der Waals surface area contributed by atoms with E-state index in [0.717, 1.165) is 54.3 Å². The number of nitrogens with zero attached hydrogens (tertiary/aromatic N) is 1. The van der Waals surface area contributed by atoms with Gasteiger partial charge < -0.3 is 18.6 Å². The highest BCUT2D eigenvalue weighted by molar-refractivity contribution is 7.12. The predicted octanol–water partition coefficient (Wildman–Crippen LogP) is 7.27. The molecule has 0 unspecified atom stereocenters. The van der Waals surface area contributed by atoms with Crippen LogP contribution < -0.4 is 4.74 Å². The second-order valence-corrected chi connectivity index (χ2v) is 10.1. The Morgan fingerprint density at radius 2 is 1.83 bits per heavy atom. The van der Waals surface area contributed by atoms with Crippen LogP contribution in [0.1, 0.15) is 52.5 Å². The fourth-order valence-electron chi connectivity index (χ4n) is 4.18. The van der Waals surface area contributed by atoms with E-state index < -0.39 is 11.1 Å². The number of aryl methyl sites for hydroxylation is 3. The first-order chi connectivity index (χ1) is 16.7. The number of hydrogen-bond acceptors (Lipinski definition) is 6. The first-order valence-electron chi connectivity index (χ1n) is 11.8. The molecule has 2 aromatic heterocycles. The molecule has 1 aliphatic carbocycles. The second-order valence-electron chi connectivity index (χ2n) is 8.86. The molecule has 0 saturated heterocycles. The quantitative estimate of drug-likeness (QED) is 0.284. The lowest BCUT2D eigenvalue weighted by Gasteiger charge is -2.29. The molecule has 35 heavy (non-hydrogen) atoms. The molecule has 0 aliphatic heterocycles. The minimum absolute atomic E-state index is 0.0351. The molecule has 190 valence electrons. The number of rotatable bonds is 9. The summed E-state index contributed by atoms with van der Waals surface area (Å²) in [7, 11) is 0. The Hall–Kier alpha value is -2.36. The molecule has 5 nitrogen and oxygen atoms in total. The zero-order valence-electron chi connectivity index (χ0n) is 20.1. The standard InChI is InChI=1S/C26H30F3NO4S/c1-16-6-4-7-19(12-16)25-30-22(17(2)34-25)15-33-21-9-5-8-20(13-21)31-10-11-32-23-14-24(26(27,28)29)35-18(23)3/h4,6-7,12,14,20-21H,5,8-11,13,15H2,1-3H3/t20-,21+/m1/s1.